The fraction of sp³-hybridized carbons (Fsp3) is 0.296. The molecule has 0 bridgehead atoms. The van der Waals surface area contributed by atoms with Crippen LogP contribution in [0, 0.1) is 13.8 Å². The summed E-state index contributed by atoms with van der Waals surface area (Å²) in [7, 11) is 0. The summed E-state index contributed by atoms with van der Waals surface area (Å²) < 4.78 is 8.05. The molecular weight excluding hydrogens is 476 g/mol. The van der Waals surface area contributed by atoms with Gasteiger partial charge in [0.25, 0.3) is 0 Å². The third-order valence-corrected chi connectivity index (χ3v) is 8.18. The molecule has 4 aromatic rings. The van der Waals surface area contributed by atoms with Crippen molar-refractivity contribution in [3.63, 3.8) is 0 Å². The molecule has 8 heteroatoms. The number of aromatic nitrogens is 3. The van der Waals surface area contributed by atoms with E-state index in [0.29, 0.717) is 11.7 Å². The molecule has 1 aliphatic heterocycles. The highest BCUT2D eigenvalue weighted by molar-refractivity contribution is 8.00. The molecule has 0 aliphatic carbocycles. The van der Waals surface area contributed by atoms with Crippen LogP contribution in [0.25, 0.3) is 10.7 Å². The predicted molar refractivity (Wildman–Crippen MR) is 142 cm³/mol. The van der Waals surface area contributed by atoms with Crippen molar-refractivity contribution in [1.29, 1.82) is 0 Å². The quantitative estimate of drug-likeness (QED) is 0.286. The van der Waals surface area contributed by atoms with Gasteiger partial charge < -0.3 is 10.1 Å². The van der Waals surface area contributed by atoms with Gasteiger partial charge in [-0.3, -0.25) is 9.36 Å². The van der Waals surface area contributed by atoms with Gasteiger partial charge in [-0.25, -0.2) is 0 Å². The molecule has 1 saturated heterocycles. The van der Waals surface area contributed by atoms with Crippen molar-refractivity contribution < 1.29 is 9.53 Å². The van der Waals surface area contributed by atoms with Crippen molar-refractivity contribution in [3.8, 4) is 10.7 Å². The standard InChI is InChI=1S/C27H28N4O2S2/c1-18-12-13-19(2)22(16-18)28-26(32)24(20-8-4-3-5-9-20)35-27-30-29-25(23-11-7-15-34-23)31(27)17-21-10-6-14-33-21/h3-5,7-9,11-13,15-16,21,24H,6,10,14,17H2,1-2H3,(H,28,32)/t21-,24-/m1/s1. The van der Waals surface area contributed by atoms with Gasteiger partial charge in [-0.15, -0.1) is 21.5 Å². The van der Waals surface area contributed by atoms with Crippen LogP contribution in [-0.2, 0) is 16.1 Å². The third-order valence-electron chi connectivity index (χ3n) is 6.08. The van der Waals surface area contributed by atoms with Crippen molar-refractivity contribution in [1.82, 2.24) is 14.8 Å². The molecule has 1 N–H and O–H groups in total. The Morgan fingerprint density at radius 3 is 2.77 bits per heavy atom. The van der Waals surface area contributed by atoms with Gasteiger partial charge in [0, 0.05) is 12.3 Å². The number of rotatable bonds is 8. The highest BCUT2D eigenvalue weighted by Crippen LogP contribution is 2.38. The molecule has 1 aliphatic rings. The maximum absolute atomic E-state index is 13.7. The zero-order chi connectivity index (χ0) is 24.2. The summed E-state index contributed by atoms with van der Waals surface area (Å²) in [4.78, 5) is 14.7. The minimum absolute atomic E-state index is 0.0840. The largest absolute Gasteiger partial charge is 0.376 e. The number of nitrogens with zero attached hydrogens (tertiary/aromatic N) is 3. The minimum atomic E-state index is -0.486. The molecule has 0 spiro atoms. The number of thioether (sulfide) groups is 1. The number of benzene rings is 2. The Morgan fingerprint density at radius 2 is 2.03 bits per heavy atom. The Balaban J connectivity index is 1.48. The van der Waals surface area contributed by atoms with Crippen molar-refractivity contribution in [3.05, 3.63) is 82.7 Å². The number of nitrogens with one attached hydrogen (secondary N) is 1. The molecule has 6 nitrogen and oxygen atoms in total. The van der Waals surface area contributed by atoms with E-state index < -0.39 is 5.25 Å². The van der Waals surface area contributed by atoms with Gasteiger partial charge in [0.15, 0.2) is 11.0 Å². The van der Waals surface area contributed by atoms with Crippen LogP contribution in [0.3, 0.4) is 0 Å². The number of ether oxygens (including phenoxy) is 1. The van der Waals surface area contributed by atoms with E-state index in [1.807, 2.05) is 73.8 Å². The van der Waals surface area contributed by atoms with E-state index in [1.165, 1.54) is 11.8 Å². The SMILES string of the molecule is Cc1ccc(C)c(NC(=O)[C@H](Sc2nnc(-c3cccs3)n2C[C@H]2CCCO2)c2ccccc2)c1. The van der Waals surface area contributed by atoms with Crippen LogP contribution >= 0.6 is 23.1 Å². The number of thiophene rings is 1. The van der Waals surface area contributed by atoms with Gasteiger partial charge in [0.1, 0.15) is 5.25 Å². The third kappa shape index (κ3) is 5.50. The van der Waals surface area contributed by atoms with Crippen LogP contribution < -0.4 is 5.32 Å². The Hall–Kier alpha value is -2.94. The molecular formula is C27H28N4O2S2. The first kappa shape index (κ1) is 23.8. The summed E-state index contributed by atoms with van der Waals surface area (Å²) in [6.45, 7) is 5.49. The minimum Gasteiger partial charge on any atom is -0.376 e. The van der Waals surface area contributed by atoms with E-state index >= 15 is 0 Å². The number of hydrogen-bond acceptors (Lipinski definition) is 6. The van der Waals surface area contributed by atoms with E-state index in [4.69, 9.17) is 4.74 Å². The summed E-state index contributed by atoms with van der Waals surface area (Å²) in [5, 5.41) is 14.5. The van der Waals surface area contributed by atoms with Crippen LogP contribution in [0.5, 0.6) is 0 Å². The van der Waals surface area contributed by atoms with Crippen LogP contribution in [0.15, 0.2) is 71.2 Å². The van der Waals surface area contributed by atoms with Crippen molar-refractivity contribution in [2.45, 2.75) is 49.7 Å². The number of anilines is 1. The highest BCUT2D eigenvalue weighted by Gasteiger charge is 2.28. The lowest BCUT2D eigenvalue weighted by Gasteiger charge is -2.19. The Bertz CT molecular complexity index is 1280. The topological polar surface area (TPSA) is 69.0 Å². The summed E-state index contributed by atoms with van der Waals surface area (Å²) in [6.07, 6.45) is 2.21. The lowest BCUT2D eigenvalue weighted by atomic mass is 10.1. The molecule has 0 saturated carbocycles. The van der Waals surface area contributed by atoms with Gasteiger partial charge in [0.05, 0.1) is 17.5 Å². The number of carbonyl (C=O) groups excluding carboxylic acids is 1. The summed E-state index contributed by atoms with van der Waals surface area (Å²) in [5.74, 6) is 0.735. The first-order valence-electron chi connectivity index (χ1n) is 11.8. The van der Waals surface area contributed by atoms with E-state index in [1.54, 1.807) is 11.3 Å². The second-order valence-corrected chi connectivity index (χ2v) is 10.8. The smallest absolute Gasteiger partial charge is 0.242 e. The van der Waals surface area contributed by atoms with Crippen LogP contribution in [0.2, 0.25) is 0 Å². The maximum Gasteiger partial charge on any atom is 0.242 e. The van der Waals surface area contributed by atoms with E-state index in [9.17, 15) is 4.79 Å². The van der Waals surface area contributed by atoms with Gasteiger partial charge in [-0.1, -0.05) is 60.3 Å². The zero-order valence-corrected chi connectivity index (χ0v) is 21.4. The Labute approximate surface area is 213 Å². The van der Waals surface area contributed by atoms with Crippen LogP contribution in [0.1, 0.15) is 34.8 Å². The maximum atomic E-state index is 13.7. The van der Waals surface area contributed by atoms with Gasteiger partial charge in [-0.2, -0.15) is 0 Å². The molecule has 35 heavy (non-hydrogen) atoms. The molecule has 1 fully saturated rings. The van der Waals surface area contributed by atoms with Gasteiger partial charge in [-0.05, 0) is 60.9 Å². The monoisotopic (exact) mass is 504 g/mol. The van der Waals surface area contributed by atoms with Gasteiger partial charge >= 0.3 is 0 Å². The van der Waals surface area contributed by atoms with Crippen LogP contribution in [-0.4, -0.2) is 33.4 Å². The number of hydrogen-bond donors (Lipinski definition) is 1. The molecule has 5 rings (SSSR count). The zero-order valence-electron chi connectivity index (χ0n) is 19.8. The number of aryl methyl sites for hydroxylation is 2. The average molecular weight is 505 g/mol. The molecule has 1 amide bonds. The second kappa shape index (κ2) is 10.8. The number of carbonyl (C=O) groups is 1. The molecule has 0 unspecified atom stereocenters. The molecule has 2 aromatic carbocycles. The van der Waals surface area contributed by atoms with Crippen molar-refractivity contribution >= 4 is 34.7 Å². The van der Waals surface area contributed by atoms with Crippen molar-refractivity contribution in [2.75, 3.05) is 11.9 Å². The first-order valence-corrected chi connectivity index (χ1v) is 13.5. The predicted octanol–water partition coefficient (Wildman–Crippen LogP) is 6.27. The fourth-order valence-corrected chi connectivity index (χ4v) is 5.96. The summed E-state index contributed by atoms with van der Waals surface area (Å²) in [6, 6.07) is 20.0. The molecule has 180 valence electrons. The highest BCUT2D eigenvalue weighted by atomic mass is 32.2. The first-order chi connectivity index (χ1) is 17.1. The average Bonchev–Trinajstić information content (AvgIpc) is 3.64. The fourth-order valence-electron chi connectivity index (χ4n) is 4.20. The van der Waals surface area contributed by atoms with Crippen LogP contribution in [0.4, 0.5) is 5.69 Å². The van der Waals surface area contributed by atoms with E-state index in [0.717, 1.165) is 52.5 Å². The molecule has 2 aromatic heterocycles. The van der Waals surface area contributed by atoms with E-state index in [2.05, 4.69) is 26.1 Å². The Kier molecular flexibility index (Phi) is 7.32. The summed E-state index contributed by atoms with van der Waals surface area (Å²) in [5.41, 5.74) is 3.88. The summed E-state index contributed by atoms with van der Waals surface area (Å²) >= 11 is 3.07. The lowest BCUT2D eigenvalue weighted by molar-refractivity contribution is -0.115. The van der Waals surface area contributed by atoms with Gasteiger partial charge in [0.2, 0.25) is 5.91 Å². The molecule has 2 atom stereocenters. The molecule has 0 radical (unpaired) electrons. The number of amides is 1. The second-order valence-electron chi connectivity index (χ2n) is 8.75. The lowest BCUT2D eigenvalue weighted by Crippen LogP contribution is -2.21. The van der Waals surface area contributed by atoms with Crippen molar-refractivity contribution in [2.24, 2.45) is 0 Å². The molecule has 3 heterocycles. The van der Waals surface area contributed by atoms with E-state index in [-0.39, 0.29) is 12.0 Å². The normalized spacial score (nSPS) is 16.3. The Morgan fingerprint density at radius 1 is 1.17 bits per heavy atom.